The first kappa shape index (κ1) is 18.6. The van der Waals surface area contributed by atoms with Crippen molar-refractivity contribution in [3.63, 3.8) is 0 Å². The van der Waals surface area contributed by atoms with E-state index >= 15 is 0 Å². The number of hydrogen-bond donors (Lipinski definition) is 0. The van der Waals surface area contributed by atoms with Crippen LogP contribution >= 0.6 is 0 Å². The van der Waals surface area contributed by atoms with Gasteiger partial charge in [-0.05, 0) is 29.8 Å². The Morgan fingerprint density at radius 3 is 2.37 bits per heavy atom. The van der Waals surface area contributed by atoms with Gasteiger partial charge in [-0.2, -0.15) is 0 Å². The van der Waals surface area contributed by atoms with E-state index in [1.165, 1.54) is 31.4 Å². The number of methoxy groups -OCH3 is 1. The van der Waals surface area contributed by atoms with E-state index < -0.39 is 20.7 Å². The Bertz CT molecular complexity index is 1150. The molecule has 3 rings (SSSR count). The molecule has 0 aliphatic rings. The number of ether oxygens (including phenoxy) is 1. The number of non-ortho nitro benzene ring substituents is 1. The maximum Gasteiger partial charge on any atom is 0.354 e. The number of carbonyl (C=O) groups is 1. The summed E-state index contributed by atoms with van der Waals surface area (Å²) in [6.45, 7) is 0.268. The number of benzene rings is 2. The molecular formula is C18H16N2O6S. The molecule has 9 heteroatoms. The molecule has 0 atom stereocenters. The lowest BCUT2D eigenvalue weighted by Gasteiger charge is -2.10. The Morgan fingerprint density at radius 1 is 1.15 bits per heavy atom. The molecule has 1 heterocycles. The second kappa shape index (κ2) is 6.84. The van der Waals surface area contributed by atoms with Crippen LogP contribution in [0.1, 0.15) is 16.1 Å². The van der Waals surface area contributed by atoms with Gasteiger partial charge in [0, 0.05) is 35.8 Å². The van der Waals surface area contributed by atoms with Crippen LogP contribution < -0.4 is 0 Å². The lowest BCUT2D eigenvalue weighted by molar-refractivity contribution is -0.384. The first-order chi connectivity index (χ1) is 12.7. The summed E-state index contributed by atoms with van der Waals surface area (Å²) in [4.78, 5) is 22.6. The molecule has 0 bridgehead atoms. The SMILES string of the molecule is COC(=O)c1cc2cc(S(C)(=O)=O)ccc2n1Cc1ccc([N+](=O)[O-])cc1. The fourth-order valence-corrected chi connectivity index (χ4v) is 3.49. The van der Waals surface area contributed by atoms with Gasteiger partial charge in [-0.1, -0.05) is 12.1 Å². The summed E-state index contributed by atoms with van der Waals surface area (Å²) < 4.78 is 30.1. The molecule has 2 aromatic carbocycles. The van der Waals surface area contributed by atoms with E-state index in [-0.39, 0.29) is 22.8 Å². The van der Waals surface area contributed by atoms with Crippen LogP contribution in [-0.2, 0) is 21.1 Å². The minimum Gasteiger partial charge on any atom is -0.464 e. The minimum atomic E-state index is -3.38. The number of nitrogens with zero attached hydrogens (tertiary/aromatic N) is 2. The van der Waals surface area contributed by atoms with E-state index in [2.05, 4.69) is 0 Å². The first-order valence-electron chi connectivity index (χ1n) is 7.85. The minimum absolute atomic E-state index is 0.0258. The fraction of sp³-hybridized carbons (Fsp3) is 0.167. The Labute approximate surface area is 155 Å². The smallest absolute Gasteiger partial charge is 0.354 e. The largest absolute Gasteiger partial charge is 0.464 e. The summed E-state index contributed by atoms with van der Waals surface area (Å²) in [6.07, 6.45) is 1.11. The van der Waals surface area contributed by atoms with E-state index in [0.29, 0.717) is 10.9 Å². The average Bonchev–Trinajstić information content (AvgIpc) is 2.98. The molecule has 27 heavy (non-hydrogen) atoms. The molecular weight excluding hydrogens is 372 g/mol. The van der Waals surface area contributed by atoms with Crippen molar-refractivity contribution in [2.24, 2.45) is 0 Å². The van der Waals surface area contributed by atoms with Gasteiger partial charge < -0.3 is 9.30 Å². The molecule has 0 spiro atoms. The fourth-order valence-electron chi connectivity index (χ4n) is 2.83. The predicted octanol–water partition coefficient (Wildman–Crippen LogP) is 2.79. The van der Waals surface area contributed by atoms with Crippen molar-refractivity contribution in [3.05, 3.63) is 69.9 Å². The molecule has 0 aliphatic heterocycles. The van der Waals surface area contributed by atoms with E-state index in [9.17, 15) is 23.3 Å². The number of fused-ring (bicyclic) bond motifs is 1. The third-order valence-electron chi connectivity index (χ3n) is 4.18. The van der Waals surface area contributed by atoms with Crippen molar-refractivity contribution in [2.45, 2.75) is 11.4 Å². The van der Waals surface area contributed by atoms with Crippen LogP contribution in [-0.4, -0.2) is 37.2 Å². The molecule has 0 saturated carbocycles. The van der Waals surface area contributed by atoms with Crippen molar-refractivity contribution in [1.29, 1.82) is 0 Å². The Morgan fingerprint density at radius 2 is 1.81 bits per heavy atom. The van der Waals surface area contributed by atoms with Crippen LogP contribution in [0.25, 0.3) is 10.9 Å². The lowest BCUT2D eigenvalue weighted by Crippen LogP contribution is -2.11. The van der Waals surface area contributed by atoms with Gasteiger partial charge in [0.25, 0.3) is 5.69 Å². The molecule has 0 fully saturated rings. The van der Waals surface area contributed by atoms with Crippen LogP contribution in [0.2, 0.25) is 0 Å². The van der Waals surface area contributed by atoms with Crippen LogP contribution in [0, 0.1) is 10.1 Å². The third kappa shape index (κ3) is 3.68. The molecule has 0 aliphatic carbocycles. The number of rotatable bonds is 5. The number of hydrogen-bond acceptors (Lipinski definition) is 6. The topological polar surface area (TPSA) is 109 Å². The van der Waals surface area contributed by atoms with Crippen LogP contribution in [0.5, 0.6) is 0 Å². The summed E-state index contributed by atoms with van der Waals surface area (Å²) in [5, 5.41) is 11.4. The van der Waals surface area contributed by atoms with Crippen molar-refractivity contribution in [1.82, 2.24) is 4.57 Å². The number of esters is 1. The second-order valence-electron chi connectivity index (χ2n) is 6.02. The monoisotopic (exact) mass is 388 g/mol. The van der Waals surface area contributed by atoms with Gasteiger partial charge in [0.1, 0.15) is 5.69 Å². The molecule has 140 valence electrons. The number of aromatic nitrogens is 1. The summed E-state index contributed by atoms with van der Waals surface area (Å²) in [7, 11) is -2.12. The number of sulfone groups is 1. The van der Waals surface area contributed by atoms with Crippen molar-refractivity contribution >= 4 is 32.4 Å². The van der Waals surface area contributed by atoms with E-state index in [1.54, 1.807) is 28.8 Å². The standard InChI is InChI=1S/C18H16N2O6S/c1-26-18(21)17-10-13-9-15(27(2,24)25)7-8-16(13)19(17)11-12-3-5-14(6-4-12)20(22)23/h3-10H,11H2,1-2H3. The Balaban J connectivity index is 2.11. The summed E-state index contributed by atoms with van der Waals surface area (Å²) in [5.74, 6) is -0.561. The van der Waals surface area contributed by atoms with Gasteiger partial charge in [-0.25, -0.2) is 13.2 Å². The highest BCUT2D eigenvalue weighted by Gasteiger charge is 2.18. The zero-order valence-electron chi connectivity index (χ0n) is 14.6. The van der Waals surface area contributed by atoms with Crippen LogP contribution in [0.15, 0.2) is 53.4 Å². The van der Waals surface area contributed by atoms with Gasteiger partial charge >= 0.3 is 5.97 Å². The average molecular weight is 388 g/mol. The molecule has 0 radical (unpaired) electrons. The number of carbonyl (C=O) groups excluding carboxylic acids is 1. The quantitative estimate of drug-likeness (QED) is 0.378. The first-order valence-corrected chi connectivity index (χ1v) is 9.75. The van der Waals surface area contributed by atoms with Crippen LogP contribution in [0.4, 0.5) is 5.69 Å². The van der Waals surface area contributed by atoms with Crippen molar-refractivity contribution in [3.8, 4) is 0 Å². The maximum atomic E-state index is 12.2. The molecule has 8 nitrogen and oxygen atoms in total. The van der Waals surface area contributed by atoms with E-state index in [1.807, 2.05) is 0 Å². The zero-order valence-corrected chi connectivity index (χ0v) is 15.4. The molecule has 1 aromatic heterocycles. The van der Waals surface area contributed by atoms with Gasteiger partial charge in [-0.15, -0.1) is 0 Å². The predicted molar refractivity (Wildman–Crippen MR) is 98.6 cm³/mol. The summed E-state index contributed by atoms with van der Waals surface area (Å²) in [6, 6.07) is 12.2. The molecule has 0 unspecified atom stereocenters. The molecule has 0 saturated heterocycles. The maximum absolute atomic E-state index is 12.2. The van der Waals surface area contributed by atoms with Crippen molar-refractivity contribution in [2.75, 3.05) is 13.4 Å². The Kier molecular flexibility index (Phi) is 4.71. The highest BCUT2D eigenvalue weighted by Crippen LogP contribution is 2.25. The number of nitro groups is 1. The normalized spacial score (nSPS) is 11.5. The van der Waals surface area contributed by atoms with E-state index in [0.717, 1.165) is 11.8 Å². The van der Waals surface area contributed by atoms with E-state index in [4.69, 9.17) is 4.74 Å². The highest BCUT2D eigenvalue weighted by atomic mass is 32.2. The molecule has 0 N–H and O–H groups in total. The second-order valence-corrected chi connectivity index (χ2v) is 8.04. The van der Waals surface area contributed by atoms with Gasteiger partial charge in [0.15, 0.2) is 9.84 Å². The summed E-state index contributed by atoms with van der Waals surface area (Å²) >= 11 is 0. The highest BCUT2D eigenvalue weighted by molar-refractivity contribution is 7.90. The number of nitro benzene ring substituents is 1. The van der Waals surface area contributed by atoms with Crippen molar-refractivity contribution < 1.29 is 22.9 Å². The zero-order chi connectivity index (χ0) is 19.8. The Hall–Kier alpha value is -3.20. The van der Waals surface area contributed by atoms with Gasteiger partial charge in [0.2, 0.25) is 0 Å². The summed E-state index contributed by atoms with van der Waals surface area (Å²) in [5.41, 5.74) is 1.63. The third-order valence-corrected chi connectivity index (χ3v) is 5.29. The molecule has 3 aromatic rings. The van der Waals surface area contributed by atoms with Gasteiger partial charge in [-0.3, -0.25) is 10.1 Å². The van der Waals surface area contributed by atoms with Gasteiger partial charge in [0.05, 0.1) is 16.9 Å². The van der Waals surface area contributed by atoms with Crippen LogP contribution in [0.3, 0.4) is 0 Å². The lowest BCUT2D eigenvalue weighted by atomic mass is 10.2. The molecule has 0 amide bonds.